The second-order valence-electron chi connectivity index (χ2n) is 7.61. The third kappa shape index (κ3) is 3.63. The number of anilines is 1. The minimum absolute atomic E-state index is 0.0296. The van der Waals surface area contributed by atoms with Gasteiger partial charge in [0, 0.05) is 30.6 Å². The van der Waals surface area contributed by atoms with Crippen LogP contribution in [0.3, 0.4) is 0 Å². The van der Waals surface area contributed by atoms with E-state index in [0.29, 0.717) is 42.5 Å². The van der Waals surface area contributed by atoms with Gasteiger partial charge in [-0.05, 0) is 50.1 Å². The summed E-state index contributed by atoms with van der Waals surface area (Å²) in [7, 11) is -3.89. The highest BCUT2D eigenvalue weighted by Crippen LogP contribution is 2.38. The number of benzene rings is 2. The Kier molecular flexibility index (Phi) is 5.19. The number of nitrogens with zero attached hydrogens (tertiary/aromatic N) is 2. The van der Waals surface area contributed by atoms with Crippen LogP contribution in [0.4, 0.5) is 10.1 Å². The Hall–Kier alpha value is -3.00. The lowest BCUT2D eigenvalue weighted by Gasteiger charge is -2.34. The van der Waals surface area contributed by atoms with Gasteiger partial charge >= 0.3 is 0 Å². The van der Waals surface area contributed by atoms with E-state index in [9.17, 15) is 17.6 Å². The molecule has 0 spiro atoms. The summed E-state index contributed by atoms with van der Waals surface area (Å²) in [4.78, 5) is 17.9. The first-order valence-electron chi connectivity index (χ1n) is 9.71. The van der Waals surface area contributed by atoms with Gasteiger partial charge in [-0.3, -0.25) is 9.78 Å². The number of piperidine rings is 1. The van der Waals surface area contributed by atoms with Gasteiger partial charge in [0.05, 0.1) is 16.1 Å². The second kappa shape index (κ2) is 7.68. The van der Waals surface area contributed by atoms with Gasteiger partial charge < -0.3 is 10.6 Å². The van der Waals surface area contributed by atoms with Crippen molar-refractivity contribution in [3.05, 3.63) is 60.0 Å². The molecule has 1 aliphatic rings. The van der Waals surface area contributed by atoms with Crippen molar-refractivity contribution in [2.45, 2.75) is 29.6 Å². The minimum Gasteiger partial charge on any atom is -0.370 e. The molecule has 0 unspecified atom stereocenters. The fraction of sp³-hybridized carbons (Fsp3) is 0.273. The molecule has 8 heteroatoms. The first-order chi connectivity index (χ1) is 14.3. The van der Waals surface area contributed by atoms with Crippen LogP contribution in [0.1, 0.15) is 18.4 Å². The molecule has 3 aromatic rings. The molecular weight excluding hydrogens is 405 g/mol. The summed E-state index contributed by atoms with van der Waals surface area (Å²) in [6.45, 7) is 2.77. The third-order valence-corrected chi connectivity index (χ3v) is 7.37. The zero-order valence-electron chi connectivity index (χ0n) is 16.5. The van der Waals surface area contributed by atoms with Gasteiger partial charge in [0.2, 0.25) is 15.7 Å². The number of primary amides is 1. The van der Waals surface area contributed by atoms with Crippen LogP contribution < -0.4 is 10.6 Å². The fourth-order valence-electron chi connectivity index (χ4n) is 3.89. The van der Waals surface area contributed by atoms with E-state index in [1.165, 1.54) is 24.4 Å². The van der Waals surface area contributed by atoms with Crippen molar-refractivity contribution in [3.63, 3.8) is 0 Å². The largest absolute Gasteiger partial charge is 0.370 e. The predicted octanol–water partition coefficient (Wildman–Crippen LogP) is 3.22. The molecule has 156 valence electrons. The van der Waals surface area contributed by atoms with E-state index in [2.05, 4.69) is 4.98 Å². The summed E-state index contributed by atoms with van der Waals surface area (Å²) < 4.78 is 41.0. The number of fused-ring (bicyclic) bond motifs is 1. The number of sulfone groups is 1. The standard InChI is InChI=1S/C22H22FN3O3S/c1-14-2-5-17(6-3-14)30(28,29)20-13-25-19-7-4-16(23)12-18(19)21(20)26-10-8-15(9-11-26)22(24)27/h2-7,12-13,15H,8-11H2,1H3,(H2,24,27). The number of pyridine rings is 1. The SMILES string of the molecule is Cc1ccc(S(=O)(=O)c2cnc3ccc(F)cc3c2N2CCC(C(N)=O)CC2)cc1. The molecule has 0 saturated carbocycles. The first kappa shape index (κ1) is 20.3. The Bertz CT molecular complexity index is 1220. The Morgan fingerprint density at radius 1 is 1.13 bits per heavy atom. The Labute approximate surface area is 174 Å². The van der Waals surface area contributed by atoms with E-state index in [1.54, 1.807) is 24.3 Å². The Morgan fingerprint density at radius 3 is 2.43 bits per heavy atom. The number of carbonyl (C=O) groups excluding carboxylic acids is 1. The minimum atomic E-state index is -3.89. The molecule has 0 radical (unpaired) electrons. The van der Waals surface area contributed by atoms with Crippen LogP contribution in [0, 0.1) is 18.7 Å². The van der Waals surface area contributed by atoms with Gasteiger partial charge in [-0.25, -0.2) is 12.8 Å². The molecule has 30 heavy (non-hydrogen) atoms. The van der Waals surface area contributed by atoms with E-state index in [0.717, 1.165) is 5.56 Å². The molecule has 2 N–H and O–H groups in total. The molecule has 1 fully saturated rings. The summed E-state index contributed by atoms with van der Waals surface area (Å²) in [6.07, 6.45) is 2.36. The highest BCUT2D eigenvalue weighted by Gasteiger charge is 2.30. The van der Waals surface area contributed by atoms with E-state index < -0.39 is 15.7 Å². The fourth-order valence-corrected chi connectivity index (χ4v) is 5.32. The van der Waals surface area contributed by atoms with Crippen molar-refractivity contribution < 1.29 is 17.6 Å². The molecule has 1 aromatic heterocycles. The van der Waals surface area contributed by atoms with Gasteiger partial charge in [-0.15, -0.1) is 0 Å². The molecule has 1 amide bonds. The maximum absolute atomic E-state index is 14.1. The normalized spacial score (nSPS) is 15.5. The zero-order chi connectivity index (χ0) is 21.5. The highest BCUT2D eigenvalue weighted by atomic mass is 32.2. The van der Waals surface area contributed by atoms with Crippen molar-refractivity contribution in [2.75, 3.05) is 18.0 Å². The van der Waals surface area contributed by atoms with E-state index in [-0.39, 0.29) is 21.6 Å². The second-order valence-corrected chi connectivity index (χ2v) is 9.53. The number of carbonyl (C=O) groups is 1. The molecule has 2 aromatic carbocycles. The van der Waals surface area contributed by atoms with Crippen LogP contribution in [-0.2, 0) is 14.6 Å². The maximum atomic E-state index is 14.1. The van der Waals surface area contributed by atoms with Gasteiger partial charge in [0.25, 0.3) is 0 Å². The molecule has 0 atom stereocenters. The molecule has 0 aliphatic carbocycles. The monoisotopic (exact) mass is 427 g/mol. The highest BCUT2D eigenvalue weighted by molar-refractivity contribution is 7.91. The summed E-state index contributed by atoms with van der Waals surface area (Å²) in [5.41, 5.74) is 7.31. The van der Waals surface area contributed by atoms with Crippen molar-refractivity contribution in [3.8, 4) is 0 Å². The Balaban J connectivity index is 1.89. The van der Waals surface area contributed by atoms with Crippen LogP contribution in [0.5, 0.6) is 0 Å². The van der Waals surface area contributed by atoms with E-state index >= 15 is 0 Å². The van der Waals surface area contributed by atoms with Gasteiger partial charge in [-0.1, -0.05) is 17.7 Å². The van der Waals surface area contributed by atoms with Crippen molar-refractivity contribution in [1.82, 2.24) is 4.98 Å². The number of aryl methyl sites for hydroxylation is 1. The molecule has 0 bridgehead atoms. The number of hydrogen-bond acceptors (Lipinski definition) is 5. The number of aromatic nitrogens is 1. The summed E-state index contributed by atoms with van der Waals surface area (Å²) in [5, 5.41) is 0.431. The zero-order valence-corrected chi connectivity index (χ0v) is 17.3. The molecule has 1 aliphatic heterocycles. The number of amides is 1. The molecule has 4 rings (SSSR count). The molecule has 2 heterocycles. The van der Waals surface area contributed by atoms with E-state index in [1.807, 2.05) is 11.8 Å². The number of halogens is 1. The van der Waals surface area contributed by atoms with Crippen LogP contribution in [0.2, 0.25) is 0 Å². The molecule has 1 saturated heterocycles. The average molecular weight is 428 g/mol. The summed E-state index contributed by atoms with van der Waals surface area (Å²) in [5.74, 6) is -1.07. The van der Waals surface area contributed by atoms with Gasteiger partial charge in [-0.2, -0.15) is 0 Å². The number of nitrogens with two attached hydrogens (primary N) is 1. The lowest BCUT2D eigenvalue weighted by atomic mass is 9.95. The van der Waals surface area contributed by atoms with Crippen molar-refractivity contribution in [2.24, 2.45) is 11.7 Å². The summed E-state index contributed by atoms with van der Waals surface area (Å²) in [6, 6.07) is 10.7. The molecule has 6 nitrogen and oxygen atoms in total. The maximum Gasteiger partial charge on any atom is 0.220 e. The quantitative estimate of drug-likeness (QED) is 0.690. The van der Waals surface area contributed by atoms with Crippen LogP contribution >= 0.6 is 0 Å². The van der Waals surface area contributed by atoms with Crippen LogP contribution in [0.15, 0.2) is 58.5 Å². The van der Waals surface area contributed by atoms with Crippen LogP contribution in [-0.4, -0.2) is 32.4 Å². The lowest BCUT2D eigenvalue weighted by Crippen LogP contribution is -2.39. The lowest BCUT2D eigenvalue weighted by molar-refractivity contribution is -0.122. The third-order valence-electron chi connectivity index (χ3n) is 5.60. The topological polar surface area (TPSA) is 93.4 Å². The predicted molar refractivity (Wildman–Crippen MR) is 112 cm³/mol. The van der Waals surface area contributed by atoms with E-state index in [4.69, 9.17) is 5.73 Å². The smallest absolute Gasteiger partial charge is 0.220 e. The van der Waals surface area contributed by atoms with Gasteiger partial charge in [0.15, 0.2) is 0 Å². The Morgan fingerprint density at radius 2 is 1.80 bits per heavy atom. The molecular formula is C22H22FN3O3S. The van der Waals surface area contributed by atoms with Gasteiger partial charge in [0.1, 0.15) is 10.7 Å². The summed E-state index contributed by atoms with van der Waals surface area (Å²) >= 11 is 0. The van der Waals surface area contributed by atoms with Crippen molar-refractivity contribution in [1.29, 1.82) is 0 Å². The van der Waals surface area contributed by atoms with Crippen molar-refractivity contribution >= 4 is 32.3 Å². The average Bonchev–Trinajstić information content (AvgIpc) is 2.73. The number of rotatable bonds is 4. The van der Waals surface area contributed by atoms with Crippen LogP contribution in [0.25, 0.3) is 10.9 Å². The first-order valence-corrected chi connectivity index (χ1v) is 11.2. The number of hydrogen-bond donors (Lipinski definition) is 1.